The molecular weight excluding hydrogens is 318 g/mol. The van der Waals surface area contributed by atoms with Gasteiger partial charge in [-0.3, -0.25) is 4.90 Å². The average Bonchev–Trinajstić information content (AvgIpc) is 2.68. The molecule has 0 fully saturated rings. The maximum Gasteiger partial charge on any atom is 0.414 e. The first-order valence-corrected chi connectivity index (χ1v) is 8.22. The SMILES string of the molecule is O=C(OCc1ccccc1)N1C=CO[C@H](COCc2ccccc2)C1. The summed E-state index contributed by atoms with van der Waals surface area (Å²) in [6.07, 6.45) is 2.49. The molecule has 0 spiro atoms. The van der Waals surface area contributed by atoms with Crippen LogP contribution in [0.4, 0.5) is 4.79 Å². The lowest BCUT2D eigenvalue weighted by atomic mass is 10.2. The highest BCUT2D eigenvalue weighted by molar-refractivity contribution is 5.69. The predicted octanol–water partition coefficient (Wildman–Crippen LogP) is 3.71. The number of hydrogen-bond donors (Lipinski definition) is 0. The molecule has 0 aliphatic carbocycles. The summed E-state index contributed by atoms with van der Waals surface area (Å²) >= 11 is 0. The van der Waals surface area contributed by atoms with E-state index < -0.39 is 6.09 Å². The smallest absolute Gasteiger partial charge is 0.414 e. The highest BCUT2D eigenvalue weighted by Gasteiger charge is 2.22. The molecule has 1 atom stereocenters. The first-order chi connectivity index (χ1) is 12.3. The van der Waals surface area contributed by atoms with Crippen molar-refractivity contribution in [1.82, 2.24) is 4.90 Å². The van der Waals surface area contributed by atoms with Crippen LogP contribution in [0, 0.1) is 0 Å². The minimum atomic E-state index is -0.392. The van der Waals surface area contributed by atoms with E-state index in [4.69, 9.17) is 14.2 Å². The Morgan fingerprint density at radius 3 is 2.32 bits per heavy atom. The van der Waals surface area contributed by atoms with Crippen LogP contribution in [-0.2, 0) is 27.4 Å². The topological polar surface area (TPSA) is 48.0 Å². The molecule has 0 radical (unpaired) electrons. The first kappa shape index (κ1) is 17.0. The maximum atomic E-state index is 12.2. The second kappa shape index (κ2) is 8.89. The third kappa shape index (κ3) is 5.36. The van der Waals surface area contributed by atoms with Gasteiger partial charge < -0.3 is 14.2 Å². The van der Waals surface area contributed by atoms with E-state index in [1.807, 2.05) is 60.7 Å². The molecular formula is C20H21NO4. The Balaban J connectivity index is 1.42. The van der Waals surface area contributed by atoms with Crippen LogP contribution in [0.1, 0.15) is 11.1 Å². The van der Waals surface area contributed by atoms with E-state index in [9.17, 15) is 4.79 Å². The van der Waals surface area contributed by atoms with Gasteiger partial charge in [0.05, 0.1) is 26.0 Å². The zero-order valence-electron chi connectivity index (χ0n) is 13.9. The molecule has 1 aliphatic heterocycles. The summed E-state index contributed by atoms with van der Waals surface area (Å²) in [6, 6.07) is 19.5. The number of amides is 1. The minimum Gasteiger partial charge on any atom is -0.492 e. The molecule has 0 saturated carbocycles. The number of nitrogens with zero attached hydrogens (tertiary/aromatic N) is 1. The van der Waals surface area contributed by atoms with E-state index in [1.165, 1.54) is 11.2 Å². The number of benzene rings is 2. The molecule has 130 valence electrons. The molecule has 2 aromatic rings. The summed E-state index contributed by atoms with van der Waals surface area (Å²) in [5, 5.41) is 0. The van der Waals surface area contributed by atoms with Gasteiger partial charge in [0.25, 0.3) is 0 Å². The fourth-order valence-corrected chi connectivity index (χ4v) is 2.46. The van der Waals surface area contributed by atoms with Crippen LogP contribution >= 0.6 is 0 Å². The van der Waals surface area contributed by atoms with Crippen molar-refractivity contribution in [3.63, 3.8) is 0 Å². The van der Waals surface area contributed by atoms with Gasteiger partial charge in [0.15, 0.2) is 0 Å². The van der Waals surface area contributed by atoms with Crippen LogP contribution in [-0.4, -0.2) is 30.2 Å². The minimum absolute atomic E-state index is 0.210. The van der Waals surface area contributed by atoms with Crippen LogP contribution < -0.4 is 0 Å². The third-order valence-electron chi connectivity index (χ3n) is 3.77. The van der Waals surface area contributed by atoms with E-state index in [0.29, 0.717) is 19.8 Å². The Hall–Kier alpha value is -2.79. The Bertz CT molecular complexity index is 687. The lowest BCUT2D eigenvalue weighted by molar-refractivity contribution is -0.00550. The summed E-state index contributed by atoms with van der Waals surface area (Å²) in [6.45, 7) is 1.57. The molecule has 0 N–H and O–H groups in total. The standard InChI is InChI=1S/C20H21NO4/c22-20(25-15-18-9-5-2-6-10-18)21-11-12-24-19(13-21)16-23-14-17-7-3-1-4-8-17/h1-12,19H,13-16H2/t19-/m0/s1. The van der Waals surface area contributed by atoms with Crippen molar-refractivity contribution in [1.29, 1.82) is 0 Å². The van der Waals surface area contributed by atoms with Gasteiger partial charge >= 0.3 is 6.09 Å². The number of carbonyl (C=O) groups is 1. The normalized spacial score (nSPS) is 16.3. The summed E-state index contributed by atoms with van der Waals surface area (Å²) < 4.78 is 16.5. The van der Waals surface area contributed by atoms with Gasteiger partial charge in [-0.1, -0.05) is 60.7 Å². The number of hydrogen-bond acceptors (Lipinski definition) is 4. The fourth-order valence-electron chi connectivity index (χ4n) is 2.46. The van der Waals surface area contributed by atoms with Gasteiger partial charge in [-0.15, -0.1) is 0 Å². The summed E-state index contributed by atoms with van der Waals surface area (Å²) in [4.78, 5) is 13.7. The lowest BCUT2D eigenvalue weighted by Crippen LogP contribution is -2.39. The molecule has 5 nitrogen and oxygen atoms in total. The number of ether oxygens (including phenoxy) is 3. The second-order valence-corrected chi connectivity index (χ2v) is 5.74. The molecule has 2 aromatic carbocycles. The molecule has 1 heterocycles. The van der Waals surface area contributed by atoms with Crippen molar-refractivity contribution in [2.45, 2.75) is 19.3 Å². The molecule has 0 saturated heterocycles. The third-order valence-corrected chi connectivity index (χ3v) is 3.77. The van der Waals surface area contributed by atoms with Crippen LogP contribution in [0.5, 0.6) is 0 Å². The Labute approximate surface area is 147 Å². The Kier molecular flexibility index (Phi) is 6.06. The van der Waals surface area contributed by atoms with Gasteiger partial charge in [0, 0.05) is 6.20 Å². The molecule has 5 heteroatoms. The number of rotatable bonds is 6. The van der Waals surface area contributed by atoms with Crippen LogP contribution in [0.3, 0.4) is 0 Å². The quantitative estimate of drug-likeness (QED) is 0.805. The van der Waals surface area contributed by atoms with Gasteiger partial charge in [0.1, 0.15) is 12.7 Å². The van der Waals surface area contributed by atoms with Gasteiger partial charge in [-0.25, -0.2) is 4.79 Å². The van der Waals surface area contributed by atoms with Crippen molar-refractivity contribution < 1.29 is 19.0 Å². The summed E-state index contributed by atoms with van der Waals surface area (Å²) in [5.74, 6) is 0. The molecule has 3 rings (SSSR count). The van der Waals surface area contributed by atoms with Gasteiger partial charge in [-0.2, -0.15) is 0 Å². The maximum absolute atomic E-state index is 12.2. The van der Waals surface area contributed by atoms with E-state index in [1.54, 1.807) is 6.20 Å². The van der Waals surface area contributed by atoms with Gasteiger partial charge in [0.2, 0.25) is 0 Å². The predicted molar refractivity (Wildman–Crippen MR) is 93.4 cm³/mol. The van der Waals surface area contributed by atoms with E-state index in [-0.39, 0.29) is 12.7 Å². The first-order valence-electron chi connectivity index (χ1n) is 8.22. The fraction of sp³-hybridized carbons (Fsp3) is 0.250. The largest absolute Gasteiger partial charge is 0.492 e. The average molecular weight is 339 g/mol. The molecule has 1 amide bonds. The van der Waals surface area contributed by atoms with E-state index in [0.717, 1.165) is 11.1 Å². The molecule has 25 heavy (non-hydrogen) atoms. The van der Waals surface area contributed by atoms with Crippen molar-refractivity contribution >= 4 is 6.09 Å². The molecule has 0 unspecified atom stereocenters. The van der Waals surface area contributed by atoms with Crippen molar-refractivity contribution in [2.24, 2.45) is 0 Å². The molecule has 0 bridgehead atoms. The van der Waals surface area contributed by atoms with Crippen molar-refractivity contribution in [3.8, 4) is 0 Å². The van der Waals surface area contributed by atoms with Crippen molar-refractivity contribution in [3.05, 3.63) is 84.3 Å². The highest BCUT2D eigenvalue weighted by atomic mass is 16.6. The van der Waals surface area contributed by atoms with E-state index >= 15 is 0 Å². The summed E-state index contributed by atoms with van der Waals surface area (Å²) in [5.41, 5.74) is 2.06. The van der Waals surface area contributed by atoms with Crippen LogP contribution in [0.2, 0.25) is 0 Å². The van der Waals surface area contributed by atoms with Crippen molar-refractivity contribution in [2.75, 3.05) is 13.2 Å². The van der Waals surface area contributed by atoms with Gasteiger partial charge in [-0.05, 0) is 11.1 Å². The van der Waals surface area contributed by atoms with Crippen LogP contribution in [0.25, 0.3) is 0 Å². The zero-order chi connectivity index (χ0) is 17.3. The van der Waals surface area contributed by atoms with E-state index in [2.05, 4.69) is 0 Å². The monoisotopic (exact) mass is 339 g/mol. The Morgan fingerprint density at radius 2 is 1.64 bits per heavy atom. The Morgan fingerprint density at radius 1 is 1.00 bits per heavy atom. The zero-order valence-corrected chi connectivity index (χ0v) is 13.9. The molecule has 1 aliphatic rings. The second-order valence-electron chi connectivity index (χ2n) is 5.74. The highest BCUT2D eigenvalue weighted by Crippen LogP contribution is 2.11. The molecule has 0 aromatic heterocycles. The van der Waals surface area contributed by atoms with Crippen LogP contribution in [0.15, 0.2) is 73.1 Å². The summed E-state index contributed by atoms with van der Waals surface area (Å²) in [7, 11) is 0. The number of carbonyl (C=O) groups excluding carboxylic acids is 1. The lowest BCUT2D eigenvalue weighted by Gasteiger charge is -2.27.